The number of aromatic nitrogens is 5. The van der Waals surface area contributed by atoms with Crippen molar-refractivity contribution in [3.63, 3.8) is 0 Å². The number of nitrogens with one attached hydrogen (secondary N) is 1. The summed E-state index contributed by atoms with van der Waals surface area (Å²) in [5, 5.41) is 12.0. The van der Waals surface area contributed by atoms with E-state index < -0.39 is 0 Å². The molecule has 2 aliphatic heterocycles. The number of anilines is 1. The van der Waals surface area contributed by atoms with Gasteiger partial charge in [0.25, 0.3) is 0 Å². The average molecular weight is 591 g/mol. The molecule has 0 aromatic carbocycles. The highest BCUT2D eigenvalue weighted by molar-refractivity contribution is 7.99. The molecule has 1 N–H and O–H groups in total. The summed E-state index contributed by atoms with van der Waals surface area (Å²) in [5.41, 5.74) is 7.06. The number of hydrogen-bond donors (Lipinski definition) is 1. The van der Waals surface area contributed by atoms with E-state index in [4.69, 9.17) is 19.1 Å². The predicted molar refractivity (Wildman–Crippen MR) is 173 cm³/mol. The molecule has 8 nitrogen and oxygen atoms in total. The van der Waals surface area contributed by atoms with Gasteiger partial charge in [-0.2, -0.15) is 0 Å². The van der Waals surface area contributed by atoms with E-state index in [1.165, 1.54) is 10.6 Å². The van der Waals surface area contributed by atoms with Crippen LogP contribution >= 0.6 is 11.8 Å². The minimum absolute atomic E-state index is 0.406. The lowest BCUT2D eigenvalue weighted by Gasteiger charge is -2.23. The van der Waals surface area contributed by atoms with Crippen molar-refractivity contribution >= 4 is 23.1 Å². The van der Waals surface area contributed by atoms with E-state index in [9.17, 15) is 0 Å². The summed E-state index contributed by atoms with van der Waals surface area (Å²) < 4.78 is 13.8. The Morgan fingerprint density at radius 1 is 1.17 bits per heavy atom. The van der Waals surface area contributed by atoms with Crippen LogP contribution in [0, 0.1) is 18.8 Å². The van der Waals surface area contributed by atoms with Gasteiger partial charge in [0.05, 0.1) is 28.3 Å². The maximum absolute atomic E-state index is 6.08. The third kappa shape index (κ3) is 6.73. The number of thioether (sulfide) groups is 1. The second kappa shape index (κ2) is 14.8. The summed E-state index contributed by atoms with van der Waals surface area (Å²) >= 11 is 1.88. The molecule has 0 saturated carbocycles. The fraction of sp³-hybridized carbons (Fsp3) is 0.515. The molecule has 1 atom stereocenters. The zero-order valence-electron chi connectivity index (χ0n) is 26.2. The first-order valence-electron chi connectivity index (χ1n) is 15.3. The van der Waals surface area contributed by atoms with E-state index in [-0.39, 0.29) is 0 Å². The molecule has 0 bridgehead atoms. The first-order valence-corrected chi connectivity index (χ1v) is 16.2. The Morgan fingerprint density at radius 2 is 1.90 bits per heavy atom. The minimum Gasteiger partial charge on any atom is -0.421 e. The third-order valence-corrected chi connectivity index (χ3v) is 8.92. The van der Waals surface area contributed by atoms with Crippen LogP contribution in [0.1, 0.15) is 77.1 Å². The van der Waals surface area contributed by atoms with Gasteiger partial charge in [-0.25, -0.2) is 4.98 Å². The number of pyridine rings is 2. The van der Waals surface area contributed by atoms with Gasteiger partial charge in [0.15, 0.2) is 5.65 Å². The van der Waals surface area contributed by atoms with Crippen LogP contribution in [0.15, 0.2) is 46.5 Å². The Labute approximate surface area is 254 Å². The molecule has 0 aliphatic carbocycles. The average Bonchev–Trinajstić information content (AvgIpc) is 3.75. The van der Waals surface area contributed by atoms with Crippen LogP contribution in [0.2, 0.25) is 0 Å². The summed E-state index contributed by atoms with van der Waals surface area (Å²) in [6.45, 7) is 17.4. The number of nitrogens with zero attached hydrogens (tertiary/aromatic N) is 5. The molecule has 226 valence electrons. The fourth-order valence-corrected chi connectivity index (χ4v) is 7.14. The van der Waals surface area contributed by atoms with Gasteiger partial charge >= 0.3 is 0 Å². The zero-order chi connectivity index (χ0) is 30.2. The fourth-order valence-electron chi connectivity index (χ4n) is 5.55. The Balaban J connectivity index is 0.000000763. The highest BCUT2D eigenvalue weighted by Gasteiger charge is 2.35. The SMILES string of the molecule is C=CC.CC.CNc1cccn2cc(-c3c4c(nc(CCC5CCOCC5)c3-c3nnc(C)o3)C(C(C)C)CS4)nc12. The van der Waals surface area contributed by atoms with E-state index in [0.717, 1.165) is 78.5 Å². The second-order valence-electron chi connectivity index (χ2n) is 10.8. The van der Waals surface area contributed by atoms with Crippen molar-refractivity contribution in [3.8, 4) is 22.7 Å². The molecule has 1 saturated heterocycles. The molecule has 6 heterocycles. The molecule has 0 spiro atoms. The molecule has 42 heavy (non-hydrogen) atoms. The highest BCUT2D eigenvalue weighted by Crippen LogP contribution is 2.51. The number of rotatable bonds is 7. The van der Waals surface area contributed by atoms with Crippen molar-refractivity contribution in [1.29, 1.82) is 0 Å². The standard InChI is InChI=1S/C28H34N6O2S.C3H6.C2H6/c1-16(2)19-15-37-26-23(22-14-34-11-5-6-21(29-4)27(34)31-22)24(28-33-32-17(3)36-28)20(30-25(19)26)8-7-18-9-12-35-13-10-18;1-3-2;1-2/h5-6,11,14,16,18-19,29H,7-10,12-13,15H2,1-4H3;3H,1H2,2H3;1-2H3. The third-order valence-electron chi connectivity index (χ3n) is 7.70. The molecule has 0 radical (unpaired) electrons. The molecule has 2 aliphatic rings. The van der Waals surface area contributed by atoms with E-state index in [1.807, 2.05) is 64.8 Å². The monoisotopic (exact) mass is 590 g/mol. The molecule has 6 rings (SSSR count). The van der Waals surface area contributed by atoms with E-state index in [2.05, 4.69) is 46.5 Å². The normalized spacial score (nSPS) is 16.4. The molecule has 1 fully saturated rings. The van der Waals surface area contributed by atoms with Crippen LogP contribution in [0.5, 0.6) is 0 Å². The van der Waals surface area contributed by atoms with E-state index in [0.29, 0.717) is 29.5 Å². The van der Waals surface area contributed by atoms with Gasteiger partial charge in [0.2, 0.25) is 11.8 Å². The highest BCUT2D eigenvalue weighted by atomic mass is 32.2. The Bertz CT molecular complexity index is 1470. The van der Waals surface area contributed by atoms with Crippen molar-refractivity contribution in [2.24, 2.45) is 11.8 Å². The van der Waals surface area contributed by atoms with Crippen molar-refractivity contribution in [2.45, 2.75) is 78.0 Å². The largest absolute Gasteiger partial charge is 0.421 e. The predicted octanol–water partition coefficient (Wildman–Crippen LogP) is 8.22. The van der Waals surface area contributed by atoms with Crippen molar-refractivity contribution in [2.75, 3.05) is 31.3 Å². The molecule has 9 heteroatoms. The van der Waals surface area contributed by atoms with Crippen LogP contribution in [-0.4, -0.2) is 50.6 Å². The number of hydrogen-bond acceptors (Lipinski definition) is 8. The first kappa shape index (κ1) is 31.8. The molecule has 1 unspecified atom stereocenters. The lowest BCUT2D eigenvalue weighted by Crippen LogP contribution is -2.17. The smallest absolute Gasteiger partial charge is 0.250 e. The number of imidazole rings is 1. The topological polar surface area (TPSA) is 90.4 Å². The maximum atomic E-state index is 6.08. The van der Waals surface area contributed by atoms with Gasteiger partial charge in [-0.15, -0.1) is 28.5 Å². The van der Waals surface area contributed by atoms with Crippen LogP contribution in [0.3, 0.4) is 0 Å². The molecule has 4 aromatic heterocycles. The molecular formula is C33H46N6O2S. The Morgan fingerprint density at radius 3 is 2.55 bits per heavy atom. The van der Waals surface area contributed by atoms with Gasteiger partial charge in [0.1, 0.15) is 0 Å². The van der Waals surface area contributed by atoms with Crippen LogP contribution in [-0.2, 0) is 11.2 Å². The number of fused-ring (bicyclic) bond motifs is 2. The Kier molecular flexibility index (Phi) is 11.2. The van der Waals surface area contributed by atoms with Gasteiger partial charge in [0, 0.05) is 61.7 Å². The Hall–Kier alpha value is -3.17. The summed E-state index contributed by atoms with van der Waals surface area (Å²) in [5.74, 6) is 3.66. The summed E-state index contributed by atoms with van der Waals surface area (Å²) in [4.78, 5) is 11.7. The van der Waals surface area contributed by atoms with Crippen molar-refractivity contribution < 1.29 is 9.15 Å². The quantitative estimate of drug-likeness (QED) is 0.215. The van der Waals surface area contributed by atoms with Crippen LogP contribution in [0.4, 0.5) is 5.69 Å². The van der Waals surface area contributed by atoms with Crippen LogP contribution < -0.4 is 5.32 Å². The summed E-state index contributed by atoms with van der Waals surface area (Å²) in [6.07, 6.45) is 10.1. The van der Waals surface area contributed by atoms with Crippen molar-refractivity contribution in [1.82, 2.24) is 24.6 Å². The van der Waals surface area contributed by atoms with Gasteiger partial charge in [-0.05, 0) is 56.6 Å². The minimum atomic E-state index is 0.406. The number of aryl methyl sites for hydroxylation is 2. The van der Waals surface area contributed by atoms with E-state index >= 15 is 0 Å². The summed E-state index contributed by atoms with van der Waals surface area (Å²) in [7, 11) is 1.93. The maximum Gasteiger partial charge on any atom is 0.250 e. The lowest BCUT2D eigenvalue weighted by atomic mass is 9.89. The molecule has 0 amide bonds. The molecule has 4 aromatic rings. The second-order valence-corrected chi connectivity index (χ2v) is 11.9. The lowest BCUT2D eigenvalue weighted by molar-refractivity contribution is 0.0639. The van der Waals surface area contributed by atoms with Gasteiger partial charge < -0.3 is 18.9 Å². The zero-order valence-corrected chi connectivity index (χ0v) is 27.1. The number of allylic oxidation sites excluding steroid dienone is 1. The first-order chi connectivity index (χ1) is 20.4. The van der Waals surface area contributed by atoms with E-state index in [1.54, 1.807) is 6.08 Å². The summed E-state index contributed by atoms with van der Waals surface area (Å²) in [6, 6.07) is 4.08. The molecular weight excluding hydrogens is 544 g/mol. The van der Waals surface area contributed by atoms with Gasteiger partial charge in [-0.1, -0.05) is 33.8 Å². The van der Waals surface area contributed by atoms with Crippen molar-refractivity contribution in [3.05, 3.63) is 54.5 Å². The number of ether oxygens (including phenoxy) is 1. The van der Waals surface area contributed by atoms with Crippen LogP contribution in [0.25, 0.3) is 28.4 Å². The van der Waals surface area contributed by atoms with Gasteiger partial charge in [-0.3, -0.25) is 4.98 Å².